The second-order valence-corrected chi connectivity index (χ2v) is 10.3. The summed E-state index contributed by atoms with van der Waals surface area (Å²) in [7, 11) is 0. The summed E-state index contributed by atoms with van der Waals surface area (Å²) in [6, 6.07) is 2.37. The third-order valence-electron chi connectivity index (χ3n) is 7.36. The van der Waals surface area contributed by atoms with Crippen LogP contribution in [-0.2, 0) is 27.2 Å². The second-order valence-electron chi connectivity index (χ2n) is 10.3. The molecule has 1 fully saturated rings. The first-order valence-electron chi connectivity index (χ1n) is 12.1. The van der Waals surface area contributed by atoms with Gasteiger partial charge < -0.3 is 9.84 Å². The van der Waals surface area contributed by atoms with Gasteiger partial charge in [0, 0.05) is 0 Å². The fourth-order valence-electron chi connectivity index (χ4n) is 4.62. The Balaban J connectivity index is 1.78. The van der Waals surface area contributed by atoms with E-state index in [2.05, 4.69) is 26.8 Å². The van der Waals surface area contributed by atoms with E-state index in [1.165, 1.54) is 40.7 Å². The number of ether oxygens (including phenoxy) is 1. The molecule has 1 saturated carbocycles. The van der Waals surface area contributed by atoms with Crippen LogP contribution < -0.4 is 0 Å². The molecule has 0 unspecified atom stereocenters. The molecule has 4 heteroatoms. The van der Waals surface area contributed by atoms with Crippen LogP contribution in [0.25, 0.3) is 0 Å². The summed E-state index contributed by atoms with van der Waals surface area (Å²) in [6.07, 6.45) is 12.6. The minimum atomic E-state index is -0.702. The van der Waals surface area contributed by atoms with E-state index >= 15 is 0 Å². The summed E-state index contributed by atoms with van der Waals surface area (Å²) in [4.78, 5) is 21.8. The Labute approximate surface area is 188 Å². The number of benzene rings is 1. The average Bonchev–Trinajstić information content (AvgIpc) is 3.47. The van der Waals surface area contributed by atoms with E-state index in [-0.39, 0.29) is 5.60 Å². The van der Waals surface area contributed by atoms with Gasteiger partial charge in [-0.15, -0.1) is 0 Å². The summed E-state index contributed by atoms with van der Waals surface area (Å²) in [5, 5.41) is 9.23. The maximum absolute atomic E-state index is 11.2. The molecule has 0 atom stereocenters. The maximum Gasteiger partial charge on any atom is 0.309 e. The lowest BCUT2D eigenvalue weighted by atomic mass is 9.86. The van der Waals surface area contributed by atoms with Gasteiger partial charge in [0.2, 0.25) is 0 Å². The smallest absolute Gasteiger partial charge is 0.309 e. The first-order valence-corrected chi connectivity index (χ1v) is 12.1. The van der Waals surface area contributed by atoms with Crippen molar-refractivity contribution in [1.82, 2.24) is 0 Å². The van der Waals surface area contributed by atoms with Gasteiger partial charge in [0.1, 0.15) is 5.60 Å². The van der Waals surface area contributed by atoms with Crippen LogP contribution in [0.3, 0.4) is 0 Å². The molecule has 0 amide bonds. The van der Waals surface area contributed by atoms with Crippen LogP contribution in [0.2, 0.25) is 0 Å². The quantitative estimate of drug-likeness (QED) is 0.250. The first-order chi connectivity index (χ1) is 14.6. The van der Waals surface area contributed by atoms with Crippen molar-refractivity contribution >= 4 is 12.4 Å². The number of hydrogen-bond acceptors (Lipinski definition) is 3. The molecule has 4 nitrogen and oxygen atoms in total. The number of carbonyl (C=O) groups excluding carboxylic acids is 1. The number of aliphatic carboxylic acids is 1. The van der Waals surface area contributed by atoms with E-state index in [0.29, 0.717) is 6.47 Å². The molecule has 174 valence electrons. The topological polar surface area (TPSA) is 63.6 Å². The van der Waals surface area contributed by atoms with Crippen molar-refractivity contribution in [3.63, 3.8) is 0 Å². The second kappa shape index (κ2) is 11.2. The lowest BCUT2D eigenvalue weighted by Gasteiger charge is -2.19. The lowest BCUT2D eigenvalue weighted by Crippen LogP contribution is -2.23. The highest BCUT2D eigenvalue weighted by Crippen LogP contribution is 2.43. The molecule has 1 aliphatic rings. The summed E-state index contributed by atoms with van der Waals surface area (Å²) in [5.41, 5.74) is 6.45. The molecule has 0 bridgehead atoms. The molecule has 0 spiro atoms. The Morgan fingerprint density at radius 1 is 1.03 bits per heavy atom. The van der Waals surface area contributed by atoms with Crippen LogP contribution >= 0.6 is 0 Å². The van der Waals surface area contributed by atoms with Gasteiger partial charge in [-0.3, -0.25) is 9.59 Å². The standard InChI is InChI=1S/C27H42O4/c1-20-18-23(12-8-6-10-14-26(4,5)25(29)30)21(2)22(3)24(20)13-9-7-11-15-27(16-17-27)31-19-28/h18-19H,6-17H2,1-5H3,(H,29,30). The number of carboxylic acid groups (broad SMARTS) is 1. The molecule has 2 rings (SSSR count). The van der Waals surface area contributed by atoms with Crippen molar-refractivity contribution in [2.24, 2.45) is 5.41 Å². The molecule has 1 aliphatic carbocycles. The third kappa shape index (κ3) is 7.36. The van der Waals surface area contributed by atoms with E-state index < -0.39 is 11.4 Å². The highest BCUT2D eigenvalue weighted by molar-refractivity contribution is 5.73. The number of carboxylic acids is 1. The molecular weight excluding hydrogens is 388 g/mol. The number of unbranched alkanes of at least 4 members (excludes halogenated alkanes) is 4. The molecule has 0 radical (unpaired) electrons. The zero-order valence-electron chi connectivity index (χ0n) is 20.3. The zero-order valence-corrected chi connectivity index (χ0v) is 20.3. The van der Waals surface area contributed by atoms with Crippen molar-refractivity contribution < 1.29 is 19.4 Å². The van der Waals surface area contributed by atoms with Crippen LogP contribution in [0.1, 0.15) is 106 Å². The Bertz CT molecular complexity index is 759. The van der Waals surface area contributed by atoms with Crippen molar-refractivity contribution in [3.8, 4) is 0 Å². The van der Waals surface area contributed by atoms with Crippen molar-refractivity contribution in [2.45, 2.75) is 117 Å². The minimum absolute atomic E-state index is 0.116. The fraction of sp³-hybridized carbons (Fsp3) is 0.704. The predicted molar refractivity (Wildman–Crippen MR) is 126 cm³/mol. The van der Waals surface area contributed by atoms with Crippen molar-refractivity contribution in [1.29, 1.82) is 0 Å². The average molecular weight is 431 g/mol. The third-order valence-corrected chi connectivity index (χ3v) is 7.36. The van der Waals surface area contributed by atoms with Gasteiger partial charge in [0.05, 0.1) is 5.41 Å². The Hall–Kier alpha value is -1.84. The molecule has 31 heavy (non-hydrogen) atoms. The summed E-state index contributed by atoms with van der Waals surface area (Å²) in [6.45, 7) is 11.0. The highest BCUT2D eigenvalue weighted by atomic mass is 16.5. The highest BCUT2D eigenvalue weighted by Gasteiger charge is 2.44. The van der Waals surface area contributed by atoms with Gasteiger partial charge in [-0.05, 0) is 120 Å². The van der Waals surface area contributed by atoms with E-state index in [9.17, 15) is 14.7 Å². The summed E-state index contributed by atoms with van der Waals surface area (Å²) in [5.74, 6) is -0.702. The van der Waals surface area contributed by atoms with Gasteiger partial charge in [-0.1, -0.05) is 25.3 Å². The number of carbonyl (C=O) groups is 2. The van der Waals surface area contributed by atoms with Crippen LogP contribution in [0, 0.1) is 26.2 Å². The van der Waals surface area contributed by atoms with E-state index in [4.69, 9.17) is 4.74 Å². The summed E-state index contributed by atoms with van der Waals surface area (Å²) >= 11 is 0. The van der Waals surface area contributed by atoms with Gasteiger partial charge in [0.15, 0.2) is 0 Å². The molecule has 1 aromatic carbocycles. The normalized spacial score (nSPS) is 15.0. The van der Waals surface area contributed by atoms with E-state index in [1.807, 2.05) is 13.8 Å². The van der Waals surface area contributed by atoms with E-state index in [0.717, 1.165) is 64.2 Å². The molecule has 0 aliphatic heterocycles. The van der Waals surface area contributed by atoms with Crippen LogP contribution in [0.15, 0.2) is 6.07 Å². The molecule has 0 saturated heterocycles. The Morgan fingerprint density at radius 2 is 1.68 bits per heavy atom. The summed E-state index contributed by atoms with van der Waals surface area (Å²) < 4.78 is 5.24. The van der Waals surface area contributed by atoms with Crippen molar-refractivity contribution in [2.75, 3.05) is 0 Å². The van der Waals surface area contributed by atoms with Gasteiger partial charge >= 0.3 is 5.97 Å². The van der Waals surface area contributed by atoms with Crippen LogP contribution in [-0.4, -0.2) is 23.1 Å². The van der Waals surface area contributed by atoms with Crippen molar-refractivity contribution in [3.05, 3.63) is 33.9 Å². The SMILES string of the molecule is Cc1cc(CCCCCC(C)(C)C(=O)O)c(C)c(C)c1CCCCCC1(OC=O)CC1. The number of aryl methyl sites for hydroxylation is 2. The molecule has 0 heterocycles. The molecule has 1 aromatic rings. The monoisotopic (exact) mass is 430 g/mol. The lowest BCUT2D eigenvalue weighted by molar-refractivity contribution is -0.147. The van der Waals surface area contributed by atoms with E-state index in [1.54, 1.807) is 0 Å². The number of rotatable bonds is 15. The molecule has 0 aromatic heterocycles. The predicted octanol–water partition coefficient (Wildman–Crippen LogP) is 6.63. The van der Waals surface area contributed by atoms with Gasteiger partial charge in [-0.2, -0.15) is 0 Å². The molecular formula is C27H42O4. The Kier molecular flexibility index (Phi) is 9.14. The minimum Gasteiger partial charge on any atom is -0.481 e. The van der Waals surface area contributed by atoms with Crippen LogP contribution in [0.4, 0.5) is 0 Å². The zero-order chi connectivity index (χ0) is 23.1. The molecule has 1 N–H and O–H groups in total. The first kappa shape index (κ1) is 25.4. The van der Waals surface area contributed by atoms with Crippen LogP contribution in [0.5, 0.6) is 0 Å². The largest absolute Gasteiger partial charge is 0.481 e. The van der Waals surface area contributed by atoms with Gasteiger partial charge in [-0.25, -0.2) is 0 Å². The van der Waals surface area contributed by atoms with Gasteiger partial charge in [0.25, 0.3) is 6.47 Å². The fourth-order valence-corrected chi connectivity index (χ4v) is 4.62. The maximum atomic E-state index is 11.2. The Morgan fingerprint density at radius 3 is 2.29 bits per heavy atom. The number of hydrogen-bond donors (Lipinski definition) is 1.